The van der Waals surface area contributed by atoms with E-state index in [2.05, 4.69) is 9.97 Å². The molecule has 0 saturated heterocycles. The van der Waals surface area contributed by atoms with Crippen molar-refractivity contribution in [3.8, 4) is 0 Å². The zero-order valence-electron chi connectivity index (χ0n) is 10.8. The van der Waals surface area contributed by atoms with Gasteiger partial charge in [0.25, 0.3) is 0 Å². The van der Waals surface area contributed by atoms with Crippen LogP contribution in [0.2, 0.25) is 0 Å². The van der Waals surface area contributed by atoms with Gasteiger partial charge >= 0.3 is 0 Å². The summed E-state index contributed by atoms with van der Waals surface area (Å²) in [4.78, 5) is 9.25. The van der Waals surface area contributed by atoms with Crippen molar-refractivity contribution >= 4 is 22.8 Å². The van der Waals surface area contributed by atoms with Crippen LogP contribution >= 0.6 is 11.8 Å². The van der Waals surface area contributed by atoms with Crippen molar-refractivity contribution in [2.45, 2.75) is 19.6 Å². The first-order chi connectivity index (χ1) is 8.81. The van der Waals surface area contributed by atoms with Crippen LogP contribution in [0.25, 0.3) is 11.0 Å². The van der Waals surface area contributed by atoms with Gasteiger partial charge in [-0.1, -0.05) is 12.1 Å². The van der Waals surface area contributed by atoms with E-state index in [1.165, 1.54) is 0 Å². The maximum atomic E-state index is 5.32. The standard InChI is InChI=1S/C14H18N2OS/c1-3-17-8-9-18-10-14-11(2)15-12-6-4-5-7-13(12)16-14/h4-7H,3,8-10H2,1-2H3. The number of aromatic nitrogens is 2. The van der Waals surface area contributed by atoms with Crippen LogP contribution in [-0.4, -0.2) is 28.9 Å². The van der Waals surface area contributed by atoms with Crippen molar-refractivity contribution in [2.75, 3.05) is 19.0 Å². The molecule has 0 aliphatic heterocycles. The SMILES string of the molecule is CCOCCSCc1nc2ccccc2nc1C. The minimum Gasteiger partial charge on any atom is -0.381 e. The molecule has 0 aliphatic carbocycles. The number of benzene rings is 1. The number of fused-ring (bicyclic) bond motifs is 1. The highest BCUT2D eigenvalue weighted by Crippen LogP contribution is 2.16. The first-order valence-electron chi connectivity index (χ1n) is 6.19. The minimum atomic E-state index is 0.787. The summed E-state index contributed by atoms with van der Waals surface area (Å²) in [6.45, 7) is 5.64. The van der Waals surface area contributed by atoms with Crippen LogP contribution in [0.4, 0.5) is 0 Å². The molecule has 0 fully saturated rings. The van der Waals surface area contributed by atoms with Crippen molar-refractivity contribution < 1.29 is 4.74 Å². The Hall–Kier alpha value is -1.13. The fraction of sp³-hybridized carbons (Fsp3) is 0.429. The summed E-state index contributed by atoms with van der Waals surface area (Å²) >= 11 is 1.84. The van der Waals surface area contributed by atoms with Crippen molar-refractivity contribution in [3.05, 3.63) is 35.7 Å². The van der Waals surface area contributed by atoms with Gasteiger partial charge in [0.2, 0.25) is 0 Å². The predicted octanol–water partition coefficient (Wildman–Crippen LogP) is 3.21. The Balaban J connectivity index is 2.01. The molecular formula is C14H18N2OS. The van der Waals surface area contributed by atoms with E-state index in [-0.39, 0.29) is 0 Å². The summed E-state index contributed by atoms with van der Waals surface area (Å²) in [5, 5.41) is 0. The fourth-order valence-corrected chi connectivity index (χ4v) is 2.54. The molecule has 4 heteroatoms. The largest absolute Gasteiger partial charge is 0.381 e. The van der Waals surface area contributed by atoms with Gasteiger partial charge in [-0.3, -0.25) is 0 Å². The van der Waals surface area contributed by atoms with Crippen LogP contribution in [-0.2, 0) is 10.5 Å². The normalized spacial score (nSPS) is 11.0. The number of aryl methyl sites for hydroxylation is 1. The third-order valence-electron chi connectivity index (χ3n) is 2.66. The molecule has 0 radical (unpaired) electrons. The second-order valence-electron chi connectivity index (χ2n) is 3.99. The topological polar surface area (TPSA) is 35.0 Å². The van der Waals surface area contributed by atoms with E-state index in [1.54, 1.807) is 0 Å². The number of nitrogens with zero attached hydrogens (tertiary/aromatic N) is 2. The molecule has 96 valence electrons. The van der Waals surface area contributed by atoms with Crippen molar-refractivity contribution in [1.82, 2.24) is 9.97 Å². The second-order valence-corrected chi connectivity index (χ2v) is 5.10. The Morgan fingerprint density at radius 1 is 1.17 bits per heavy atom. The van der Waals surface area contributed by atoms with Gasteiger partial charge in [-0.15, -0.1) is 0 Å². The van der Waals surface area contributed by atoms with Crippen LogP contribution in [0.15, 0.2) is 24.3 Å². The molecule has 2 aromatic rings. The summed E-state index contributed by atoms with van der Waals surface area (Å²) in [7, 11) is 0. The Morgan fingerprint density at radius 2 is 1.89 bits per heavy atom. The second kappa shape index (κ2) is 6.71. The molecule has 0 atom stereocenters. The highest BCUT2D eigenvalue weighted by Gasteiger charge is 2.04. The molecule has 0 bridgehead atoms. The molecule has 0 amide bonds. The van der Waals surface area contributed by atoms with Gasteiger partial charge in [-0.2, -0.15) is 11.8 Å². The van der Waals surface area contributed by atoms with Crippen LogP contribution in [0, 0.1) is 6.92 Å². The number of thioether (sulfide) groups is 1. The number of para-hydroxylation sites is 2. The van der Waals surface area contributed by atoms with E-state index >= 15 is 0 Å². The minimum absolute atomic E-state index is 0.787. The Bertz CT molecular complexity index is 516. The quantitative estimate of drug-likeness (QED) is 0.749. The molecule has 0 N–H and O–H groups in total. The molecular weight excluding hydrogens is 244 g/mol. The Labute approximate surface area is 112 Å². The Kier molecular flexibility index (Phi) is 4.96. The first kappa shape index (κ1) is 13.3. The summed E-state index contributed by atoms with van der Waals surface area (Å²) < 4.78 is 5.32. The van der Waals surface area contributed by atoms with E-state index in [0.717, 1.165) is 47.1 Å². The molecule has 0 aliphatic rings. The predicted molar refractivity (Wildman–Crippen MR) is 76.9 cm³/mol. The number of ether oxygens (including phenoxy) is 1. The first-order valence-corrected chi connectivity index (χ1v) is 7.34. The average Bonchev–Trinajstić information content (AvgIpc) is 2.39. The summed E-state index contributed by atoms with van der Waals surface area (Å²) in [5.74, 6) is 1.90. The van der Waals surface area contributed by atoms with Crippen LogP contribution < -0.4 is 0 Å². The van der Waals surface area contributed by atoms with Gasteiger partial charge in [0.05, 0.1) is 29.0 Å². The summed E-state index contributed by atoms with van der Waals surface area (Å²) in [6, 6.07) is 8.00. The molecule has 1 heterocycles. The van der Waals surface area contributed by atoms with Crippen LogP contribution in [0.3, 0.4) is 0 Å². The molecule has 1 aromatic heterocycles. The van der Waals surface area contributed by atoms with Gasteiger partial charge in [0.1, 0.15) is 0 Å². The molecule has 18 heavy (non-hydrogen) atoms. The summed E-state index contributed by atoms with van der Waals surface area (Å²) in [6.07, 6.45) is 0. The lowest BCUT2D eigenvalue weighted by molar-refractivity contribution is 0.164. The van der Waals surface area contributed by atoms with Crippen molar-refractivity contribution in [3.63, 3.8) is 0 Å². The van der Waals surface area contributed by atoms with Crippen LogP contribution in [0.1, 0.15) is 18.3 Å². The lowest BCUT2D eigenvalue weighted by atomic mass is 10.2. The lowest BCUT2D eigenvalue weighted by Gasteiger charge is -2.06. The van der Waals surface area contributed by atoms with E-state index in [9.17, 15) is 0 Å². The van der Waals surface area contributed by atoms with E-state index in [4.69, 9.17) is 4.74 Å². The molecule has 0 saturated carbocycles. The summed E-state index contributed by atoms with van der Waals surface area (Å²) in [5.41, 5.74) is 4.05. The molecule has 0 spiro atoms. The third-order valence-corrected chi connectivity index (χ3v) is 3.59. The van der Waals surface area contributed by atoms with Gasteiger partial charge < -0.3 is 4.74 Å². The highest BCUT2D eigenvalue weighted by molar-refractivity contribution is 7.98. The zero-order valence-corrected chi connectivity index (χ0v) is 11.7. The smallest absolute Gasteiger partial charge is 0.0890 e. The fourth-order valence-electron chi connectivity index (χ4n) is 1.69. The van der Waals surface area contributed by atoms with Crippen molar-refractivity contribution in [2.24, 2.45) is 0 Å². The van der Waals surface area contributed by atoms with Gasteiger partial charge in [0.15, 0.2) is 0 Å². The van der Waals surface area contributed by atoms with Crippen molar-refractivity contribution in [1.29, 1.82) is 0 Å². The lowest BCUT2D eigenvalue weighted by Crippen LogP contribution is -2.00. The number of rotatable bonds is 6. The van der Waals surface area contributed by atoms with Gasteiger partial charge in [-0.25, -0.2) is 9.97 Å². The highest BCUT2D eigenvalue weighted by atomic mass is 32.2. The van der Waals surface area contributed by atoms with E-state index in [1.807, 2.05) is 49.9 Å². The number of hydrogen-bond donors (Lipinski definition) is 0. The zero-order chi connectivity index (χ0) is 12.8. The average molecular weight is 262 g/mol. The molecule has 2 rings (SSSR count). The third kappa shape index (κ3) is 3.43. The maximum Gasteiger partial charge on any atom is 0.0890 e. The van der Waals surface area contributed by atoms with E-state index < -0.39 is 0 Å². The van der Waals surface area contributed by atoms with E-state index in [0.29, 0.717) is 0 Å². The Morgan fingerprint density at radius 3 is 2.61 bits per heavy atom. The molecule has 1 aromatic carbocycles. The molecule has 3 nitrogen and oxygen atoms in total. The van der Waals surface area contributed by atoms with Crippen LogP contribution in [0.5, 0.6) is 0 Å². The monoisotopic (exact) mass is 262 g/mol. The maximum absolute atomic E-state index is 5.32. The van der Waals surface area contributed by atoms with Gasteiger partial charge in [-0.05, 0) is 26.0 Å². The molecule has 0 unspecified atom stereocenters. The number of hydrogen-bond acceptors (Lipinski definition) is 4. The van der Waals surface area contributed by atoms with Gasteiger partial charge in [0, 0.05) is 18.1 Å².